The molecular weight excluding hydrogens is 198 g/mol. The van der Waals surface area contributed by atoms with Crippen molar-refractivity contribution in [1.29, 1.82) is 0 Å². The van der Waals surface area contributed by atoms with Crippen LogP contribution in [0.25, 0.3) is 0 Å². The van der Waals surface area contributed by atoms with Crippen LogP contribution in [0.5, 0.6) is 0 Å². The van der Waals surface area contributed by atoms with Crippen LogP contribution in [0.3, 0.4) is 0 Å². The molecule has 0 aromatic rings. The van der Waals surface area contributed by atoms with Gasteiger partial charge in [-0.05, 0) is 19.8 Å². The van der Waals surface area contributed by atoms with Gasteiger partial charge in [-0.15, -0.1) is 0 Å². The molecule has 1 heterocycles. The van der Waals surface area contributed by atoms with Gasteiger partial charge in [0.25, 0.3) is 0 Å². The lowest BCUT2D eigenvalue weighted by molar-refractivity contribution is -0.140. The minimum atomic E-state index is -0.937. The lowest BCUT2D eigenvalue weighted by atomic mass is 10.1. The molecule has 0 unspecified atom stereocenters. The largest absolute Gasteiger partial charge is 0.481 e. The minimum absolute atomic E-state index is 0.0411. The van der Waals surface area contributed by atoms with Crippen LogP contribution < -0.4 is 0 Å². The third-order valence-electron chi connectivity index (χ3n) is 2.59. The summed E-state index contributed by atoms with van der Waals surface area (Å²) in [5, 5.41) is 8.54. The Bertz CT molecular complexity index is 287. The highest BCUT2D eigenvalue weighted by Crippen LogP contribution is 2.17. The number of carboxylic acids is 1. The van der Waals surface area contributed by atoms with Crippen LogP contribution >= 0.6 is 0 Å². The van der Waals surface area contributed by atoms with Gasteiger partial charge in [0.15, 0.2) is 5.78 Å². The number of amides is 1. The van der Waals surface area contributed by atoms with Gasteiger partial charge in [-0.25, -0.2) is 0 Å². The summed E-state index contributed by atoms with van der Waals surface area (Å²) in [5.41, 5.74) is 0. The zero-order valence-corrected chi connectivity index (χ0v) is 8.73. The fourth-order valence-corrected chi connectivity index (χ4v) is 1.84. The molecule has 1 fully saturated rings. The maximum Gasteiger partial charge on any atom is 0.303 e. The lowest BCUT2D eigenvalue weighted by Crippen LogP contribution is -2.41. The SMILES string of the molecule is CC(=O)[C@@H](CCC(=O)O)N1CCCC1=O. The molecule has 1 rings (SSSR count). The van der Waals surface area contributed by atoms with Gasteiger partial charge in [-0.1, -0.05) is 0 Å². The first-order valence-corrected chi connectivity index (χ1v) is 5.04. The molecule has 0 spiro atoms. The molecule has 1 saturated heterocycles. The second kappa shape index (κ2) is 4.91. The van der Waals surface area contributed by atoms with Crippen LogP contribution in [0.4, 0.5) is 0 Å². The van der Waals surface area contributed by atoms with Crippen molar-refractivity contribution < 1.29 is 19.5 Å². The van der Waals surface area contributed by atoms with E-state index in [0.717, 1.165) is 6.42 Å². The molecule has 0 radical (unpaired) electrons. The Hall–Kier alpha value is -1.39. The number of carbonyl (C=O) groups is 3. The number of likely N-dealkylation sites (tertiary alicyclic amines) is 1. The summed E-state index contributed by atoms with van der Waals surface area (Å²) < 4.78 is 0. The van der Waals surface area contributed by atoms with Gasteiger partial charge in [0.2, 0.25) is 5.91 Å². The van der Waals surface area contributed by atoms with Gasteiger partial charge in [-0.2, -0.15) is 0 Å². The maximum absolute atomic E-state index is 11.4. The van der Waals surface area contributed by atoms with Gasteiger partial charge in [0.05, 0.1) is 6.04 Å². The molecule has 0 aromatic carbocycles. The average Bonchev–Trinajstić information content (AvgIpc) is 2.51. The Kier molecular flexibility index (Phi) is 3.82. The zero-order chi connectivity index (χ0) is 11.4. The summed E-state index contributed by atoms with van der Waals surface area (Å²) in [4.78, 5) is 34.6. The Labute approximate surface area is 88.1 Å². The van der Waals surface area contributed by atoms with Crippen molar-refractivity contribution in [2.45, 2.75) is 38.6 Å². The number of rotatable bonds is 5. The molecule has 84 valence electrons. The highest BCUT2D eigenvalue weighted by molar-refractivity contribution is 5.88. The van der Waals surface area contributed by atoms with Crippen molar-refractivity contribution in [3.63, 3.8) is 0 Å². The van der Waals surface area contributed by atoms with Gasteiger partial charge in [0.1, 0.15) is 0 Å². The van der Waals surface area contributed by atoms with E-state index in [4.69, 9.17) is 5.11 Å². The highest BCUT2D eigenvalue weighted by Gasteiger charge is 2.30. The number of ketones is 1. The molecule has 0 bridgehead atoms. The van der Waals surface area contributed by atoms with Crippen molar-refractivity contribution >= 4 is 17.7 Å². The van der Waals surface area contributed by atoms with Crippen molar-refractivity contribution in [2.75, 3.05) is 6.54 Å². The van der Waals surface area contributed by atoms with Gasteiger partial charge in [0, 0.05) is 19.4 Å². The molecule has 1 amide bonds. The van der Waals surface area contributed by atoms with E-state index in [-0.39, 0.29) is 24.5 Å². The van der Waals surface area contributed by atoms with E-state index in [0.29, 0.717) is 13.0 Å². The number of carbonyl (C=O) groups excluding carboxylic acids is 2. The topological polar surface area (TPSA) is 74.7 Å². The number of nitrogens with zero attached hydrogens (tertiary/aromatic N) is 1. The standard InChI is InChI=1S/C10H15NO4/c1-7(12)8(4-5-10(14)15)11-6-2-3-9(11)13/h8H,2-6H2,1H3,(H,14,15)/t8-/m1/s1. The fraction of sp³-hybridized carbons (Fsp3) is 0.700. The summed E-state index contributed by atoms with van der Waals surface area (Å²) in [6.45, 7) is 1.97. The van der Waals surface area contributed by atoms with Gasteiger partial charge in [-0.3, -0.25) is 14.4 Å². The molecule has 1 atom stereocenters. The third-order valence-corrected chi connectivity index (χ3v) is 2.59. The Morgan fingerprint density at radius 2 is 2.20 bits per heavy atom. The van der Waals surface area contributed by atoms with Crippen LogP contribution in [0, 0.1) is 0 Å². The van der Waals surface area contributed by atoms with Crippen LogP contribution in [0.2, 0.25) is 0 Å². The molecule has 1 aliphatic heterocycles. The number of hydrogen-bond donors (Lipinski definition) is 1. The van der Waals surface area contributed by atoms with E-state index >= 15 is 0 Å². The number of Topliss-reactive ketones (excluding diaryl/α,β-unsaturated/α-hetero) is 1. The number of hydrogen-bond acceptors (Lipinski definition) is 3. The summed E-state index contributed by atoms with van der Waals surface area (Å²) in [7, 11) is 0. The normalized spacial score (nSPS) is 17.9. The zero-order valence-electron chi connectivity index (χ0n) is 8.73. The predicted octanol–water partition coefficient (Wildman–Crippen LogP) is 0.431. The monoisotopic (exact) mass is 213 g/mol. The van der Waals surface area contributed by atoms with Crippen LogP contribution in [-0.4, -0.2) is 40.3 Å². The molecule has 1 N–H and O–H groups in total. The number of carboxylic acid groups (broad SMARTS) is 1. The molecule has 5 heteroatoms. The lowest BCUT2D eigenvalue weighted by Gasteiger charge is -2.24. The molecular formula is C10H15NO4. The minimum Gasteiger partial charge on any atom is -0.481 e. The van der Waals surface area contributed by atoms with Gasteiger partial charge >= 0.3 is 5.97 Å². The third kappa shape index (κ3) is 3.04. The van der Waals surface area contributed by atoms with E-state index < -0.39 is 12.0 Å². The molecule has 1 aliphatic rings. The summed E-state index contributed by atoms with van der Waals surface area (Å²) >= 11 is 0. The van der Waals surface area contributed by atoms with Gasteiger partial charge < -0.3 is 10.0 Å². The first kappa shape index (κ1) is 11.7. The Balaban J connectivity index is 2.61. The number of aliphatic carboxylic acids is 1. The molecule has 15 heavy (non-hydrogen) atoms. The second-order valence-corrected chi connectivity index (χ2v) is 3.75. The predicted molar refractivity (Wildman–Crippen MR) is 52.3 cm³/mol. The summed E-state index contributed by atoms with van der Waals surface area (Å²) in [6, 6.07) is -0.545. The molecule has 0 saturated carbocycles. The van der Waals surface area contributed by atoms with E-state index in [1.807, 2.05) is 0 Å². The van der Waals surface area contributed by atoms with E-state index in [2.05, 4.69) is 0 Å². The van der Waals surface area contributed by atoms with Crippen molar-refractivity contribution in [3.05, 3.63) is 0 Å². The van der Waals surface area contributed by atoms with Crippen molar-refractivity contribution in [1.82, 2.24) is 4.90 Å². The highest BCUT2D eigenvalue weighted by atomic mass is 16.4. The maximum atomic E-state index is 11.4. The molecule has 0 aliphatic carbocycles. The van der Waals surface area contributed by atoms with E-state index in [1.54, 1.807) is 0 Å². The second-order valence-electron chi connectivity index (χ2n) is 3.75. The average molecular weight is 213 g/mol. The van der Waals surface area contributed by atoms with Crippen LogP contribution in [0.1, 0.15) is 32.6 Å². The summed E-state index contributed by atoms with van der Waals surface area (Å²) in [6.07, 6.45) is 1.37. The van der Waals surface area contributed by atoms with Crippen molar-refractivity contribution in [3.8, 4) is 0 Å². The Morgan fingerprint density at radius 3 is 2.60 bits per heavy atom. The van der Waals surface area contributed by atoms with Crippen LogP contribution in [-0.2, 0) is 14.4 Å². The smallest absolute Gasteiger partial charge is 0.303 e. The first-order chi connectivity index (χ1) is 7.02. The molecule has 0 aromatic heterocycles. The van der Waals surface area contributed by atoms with E-state index in [9.17, 15) is 14.4 Å². The Morgan fingerprint density at radius 1 is 1.53 bits per heavy atom. The first-order valence-electron chi connectivity index (χ1n) is 5.04. The summed E-state index contributed by atoms with van der Waals surface area (Å²) in [5.74, 6) is -1.11. The van der Waals surface area contributed by atoms with E-state index in [1.165, 1.54) is 11.8 Å². The van der Waals surface area contributed by atoms with Crippen molar-refractivity contribution in [2.24, 2.45) is 0 Å². The fourth-order valence-electron chi connectivity index (χ4n) is 1.84. The molecule has 5 nitrogen and oxygen atoms in total. The van der Waals surface area contributed by atoms with Crippen LogP contribution in [0.15, 0.2) is 0 Å². The quantitative estimate of drug-likeness (QED) is 0.718.